The number of phenolic OH excluding ortho intramolecular Hbond substituents is 2. The SMILES string of the molecule is CCCCCCC.CCCCOc1ccc(O)cc1.Oc1ccccc1. The molecule has 0 atom stereocenters. The van der Waals surface area contributed by atoms with Crippen molar-refractivity contribution < 1.29 is 14.9 Å². The lowest BCUT2D eigenvalue weighted by Gasteiger charge is -2.04. The molecule has 146 valence electrons. The summed E-state index contributed by atoms with van der Waals surface area (Å²) in [6.45, 7) is 7.37. The van der Waals surface area contributed by atoms with Gasteiger partial charge in [0.1, 0.15) is 17.2 Å². The highest BCUT2D eigenvalue weighted by atomic mass is 16.5. The zero-order valence-electron chi connectivity index (χ0n) is 16.7. The number of benzene rings is 2. The first kappa shape index (κ1) is 23.8. The highest BCUT2D eigenvalue weighted by Gasteiger charge is 1.92. The van der Waals surface area contributed by atoms with E-state index < -0.39 is 0 Å². The first-order valence-electron chi connectivity index (χ1n) is 9.79. The van der Waals surface area contributed by atoms with E-state index in [4.69, 9.17) is 14.9 Å². The van der Waals surface area contributed by atoms with Crippen molar-refractivity contribution in [3.63, 3.8) is 0 Å². The molecule has 0 radical (unpaired) electrons. The summed E-state index contributed by atoms with van der Waals surface area (Å²) in [5.41, 5.74) is 0. The number of unbranched alkanes of at least 4 members (excludes halogenated alkanes) is 5. The van der Waals surface area contributed by atoms with Crippen molar-refractivity contribution >= 4 is 0 Å². The molecule has 0 heterocycles. The maximum absolute atomic E-state index is 8.97. The van der Waals surface area contributed by atoms with Crippen LogP contribution < -0.4 is 4.74 Å². The van der Waals surface area contributed by atoms with E-state index in [1.807, 2.05) is 6.07 Å². The van der Waals surface area contributed by atoms with E-state index in [1.54, 1.807) is 48.5 Å². The van der Waals surface area contributed by atoms with Gasteiger partial charge in [-0.15, -0.1) is 0 Å². The number of aromatic hydroxyl groups is 2. The highest BCUT2D eigenvalue weighted by Crippen LogP contribution is 2.15. The fourth-order valence-corrected chi connectivity index (χ4v) is 1.98. The molecule has 0 spiro atoms. The van der Waals surface area contributed by atoms with Crippen LogP contribution in [-0.2, 0) is 0 Å². The fourth-order valence-electron chi connectivity index (χ4n) is 1.98. The molecule has 2 N–H and O–H groups in total. The molecule has 2 aromatic rings. The number of rotatable bonds is 8. The topological polar surface area (TPSA) is 49.7 Å². The van der Waals surface area contributed by atoms with Gasteiger partial charge >= 0.3 is 0 Å². The molecule has 3 heteroatoms. The maximum Gasteiger partial charge on any atom is 0.119 e. The molecule has 0 saturated carbocycles. The number of para-hydroxylation sites is 1. The summed E-state index contributed by atoms with van der Waals surface area (Å²) in [5.74, 6) is 1.42. The quantitative estimate of drug-likeness (QED) is 0.501. The zero-order chi connectivity index (χ0) is 19.5. The Morgan fingerprint density at radius 3 is 1.54 bits per heavy atom. The molecule has 26 heavy (non-hydrogen) atoms. The number of hydrogen-bond donors (Lipinski definition) is 2. The summed E-state index contributed by atoms with van der Waals surface area (Å²) < 4.78 is 5.39. The molecule has 0 unspecified atom stereocenters. The predicted molar refractivity (Wildman–Crippen MR) is 111 cm³/mol. The smallest absolute Gasteiger partial charge is 0.119 e. The second-order valence-corrected chi connectivity index (χ2v) is 6.09. The van der Waals surface area contributed by atoms with Gasteiger partial charge in [0.05, 0.1) is 6.61 Å². The Balaban J connectivity index is 0.000000385. The molecule has 0 saturated heterocycles. The molecule has 0 aliphatic heterocycles. The van der Waals surface area contributed by atoms with Gasteiger partial charge in [0.25, 0.3) is 0 Å². The summed E-state index contributed by atoms with van der Waals surface area (Å²) >= 11 is 0. The molecule has 2 rings (SSSR count). The zero-order valence-corrected chi connectivity index (χ0v) is 16.7. The van der Waals surface area contributed by atoms with Gasteiger partial charge in [0, 0.05) is 0 Å². The summed E-state index contributed by atoms with van der Waals surface area (Å²) in [6.07, 6.45) is 9.22. The standard InChI is InChI=1S/C10H14O2.C7H16.C6H6O/c1-2-3-8-12-10-6-4-9(11)5-7-10;1-3-5-7-6-4-2;7-6-4-2-1-3-5-6/h4-7,11H,2-3,8H2,1H3;3-7H2,1-2H3;1-5,7H. The Hall–Kier alpha value is -2.16. The predicted octanol–water partition coefficient (Wildman–Crippen LogP) is 6.94. The molecule has 2 aromatic carbocycles. The number of phenols is 2. The van der Waals surface area contributed by atoms with Crippen molar-refractivity contribution in [3.05, 3.63) is 54.6 Å². The molecule has 3 nitrogen and oxygen atoms in total. The summed E-state index contributed by atoms with van der Waals surface area (Å²) in [6, 6.07) is 15.5. The fraction of sp³-hybridized carbons (Fsp3) is 0.478. The Bertz CT molecular complexity index is 505. The Morgan fingerprint density at radius 1 is 0.615 bits per heavy atom. The van der Waals surface area contributed by atoms with Crippen LogP contribution in [0.25, 0.3) is 0 Å². The van der Waals surface area contributed by atoms with Crippen LogP contribution in [0.2, 0.25) is 0 Å². The van der Waals surface area contributed by atoms with Crippen LogP contribution in [0.5, 0.6) is 17.2 Å². The van der Waals surface area contributed by atoms with Crippen LogP contribution in [0.4, 0.5) is 0 Å². The Morgan fingerprint density at radius 2 is 1.12 bits per heavy atom. The van der Waals surface area contributed by atoms with E-state index in [2.05, 4.69) is 20.8 Å². The summed E-state index contributed by atoms with van der Waals surface area (Å²) in [4.78, 5) is 0. The minimum atomic E-state index is 0.276. The second-order valence-electron chi connectivity index (χ2n) is 6.09. The van der Waals surface area contributed by atoms with Gasteiger partial charge in [-0.1, -0.05) is 77.5 Å². The highest BCUT2D eigenvalue weighted by molar-refractivity contribution is 5.29. The largest absolute Gasteiger partial charge is 0.508 e. The lowest BCUT2D eigenvalue weighted by Crippen LogP contribution is -1.95. The molecule has 0 aromatic heterocycles. The van der Waals surface area contributed by atoms with Gasteiger partial charge in [-0.05, 0) is 42.8 Å². The number of ether oxygens (including phenoxy) is 1. The molecule has 0 fully saturated rings. The van der Waals surface area contributed by atoms with Crippen molar-refractivity contribution in [1.82, 2.24) is 0 Å². The average molecular weight is 361 g/mol. The van der Waals surface area contributed by atoms with Gasteiger partial charge in [-0.25, -0.2) is 0 Å². The first-order valence-corrected chi connectivity index (χ1v) is 9.79. The maximum atomic E-state index is 8.97. The first-order chi connectivity index (χ1) is 12.6. The van der Waals surface area contributed by atoms with E-state index in [-0.39, 0.29) is 5.75 Å². The van der Waals surface area contributed by atoms with E-state index in [1.165, 1.54) is 32.1 Å². The van der Waals surface area contributed by atoms with Gasteiger partial charge < -0.3 is 14.9 Å². The second kappa shape index (κ2) is 17.7. The summed E-state index contributed by atoms with van der Waals surface area (Å²) in [5, 5.41) is 17.6. The van der Waals surface area contributed by atoms with Crippen molar-refractivity contribution in [2.24, 2.45) is 0 Å². The van der Waals surface area contributed by atoms with E-state index in [0.717, 1.165) is 25.2 Å². The molecule has 0 aliphatic rings. The van der Waals surface area contributed by atoms with Crippen molar-refractivity contribution in [2.75, 3.05) is 6.61 Å². The van der Waals surface area contributed by atoms with E-state index >= 15 is 0 Å². The van der Waals surface area contributed by atoms with Crippen LogP contribution >= 0.6 is 0 Å². The lowest BCUT2D eigenvalue weighted by molar-refractivity contribution is 0.309. The van der Waals surface area contributed by atoms with Crippen molar-refractivity contribution in [2.45, 2.75) is 65.7 Å². The average Bonchev–Trinajstić information content (AvgIpc) is 2.66. The van der Waals surface area contributed by atoms with Gasteiger partial charge in [0.2, 0.25) is 0 Å². The molecule has 0 aliphatic carbocycles. The van der Waals surface area contributed by atoms with Crippen LogP contribution in [-0.4, -0.2) is 16.8 Å². The van der Waals surface area contributed by atoms with Crippen LogP contribution in [0.3, 0.4) is 0 Å². The molecular weight excluding hydrogens is 324 g/mol. The minimum Gasteiger partial charge on any atom is -0.508 e. The third-order valence-electron chi connectivity index (χ3n) is 3.57. The molecule has 0 bridgehead atoms. The summed E-state index contributed by atoms with van der Waals surface area (Å²) in [7, 11) is 0. The van der Waals surface area contributed by atoms with Gasteiger partial charge in [-0.3, -0.25) is 0 Å². The third kappa shape index (κ3) is 15.4. The Labute approximate surface area is 159 Å². The van der Waals surface area contributed by atoms with Crippen molar-refractivity contribution in [1.29, 1.82) is 0 Å². The van der Waals surface area contributed by atoms with E-state index in [0.29, 0.717) is 5.75 Å². The lowest BCUT2D eigenvalue weighted by atomic mass is 10.2. The normalized spacial score (nSPS) is 9.35. The van der Waals surface area contributed by atoms with Gasteiger partial charge in [-0.2, -0.15) is 0 Å². The Kier molecular flexibility index (Phi) is 16.2. The van der Waals surface area contributed by atoms with Crippen molar-refractivity contribution in [3.8, 4) is 17.2 Å². The third-order valence-corrected chi connectivity index (χ3v) is 3.57. The monoisotopic (exact) mass is 360 g/mol. The molecule has 0 amide bonds. The van der Waals surface area contributed by atoms with Crippen LogP contribution in [0.1, 0.15) is 65.7 Å². The van der Waals surface area contributed by atoms with Crippen LogP contribution in [0.15, 0.2) is 54.6 Å². The van der Waals surface area contributed by atoms with Gasteiger partial charge in [0.15, 0.2) is 0 Å². The molecular formula is C23H36O3. The number of hydrogen-bond acceptors (Lipinski definition) is 3. The van der Waals surface area contributed by atoms with E-state index in [9.17, 15) is 0 Å². The van der Waals surface area contributed by atoms with Crippen LogP contribution in [0, 0.1) is 0 Å². The minimum absolute atomic E-state index is 0.276.